The minimum Gasteiger partial charge on any atom is -0.481 e. The number of amides is 4. The maximum atomic E-state index is 12.1. The van der Waals surface area contributed by atoms with Gasteiger partial charge in [0.05, 0.1) is 39.6 Å². The fraction of sp³-hybridized carbons (Fsp3) is 0.850. The van der Waals surface area contributed by atoms with Crippen LogP contribution in [0.15, 0.2) is 0 Å². The highest BCUT2D eigenvalue weighted by Crippen LogP contribution is 2.14. The van der Waals surface area contributed by atoms with Gasteiger partial charge in [0.1, 0.15) is 19.3 Å². The van der Waals surface area contributed by atoms with Crippen molar-refractivity contribution in [3.8, 4) is 0 Å². The number of carboxylic acids is 2. The third-order valence-electron chi connectivity index (χ3n) is 8.88. The van der Waals surface area contributed by atoms with Crippen molar-refractivity contribution >= 4 is 35.6 Å². The monoisotopic (exact) mass is 818 g/mol. The molecule has 0 spiro atoms. The Balaban J connectivity index is 3.39. The van der Waals surface area contributed by atoms with E-state index in [-0.39, 0.29) is 76.3 Å². The number of nitrogens with one attached hydrogen (secondary N) is 4. The summed E-state index contributed by atoms with van der Waals surface area (Å²) in [6, 6.07) is -0.885. The number of rotatable bonds is 43. The fourth-order valence-electron chi connectivity index (χ4n) is 5.57. The third kappa shape index (κ3) is 42.1. The topological polar surface area (TPSA) is 254 Å². The van der Waals surface area contributed by atoms with Crippen LogP contribution in [0.4, 0.5) is 0 Å². The van der Waals surface area contributed by atoms with E-state index in [0.717, 1.165) is 38.5 Å². The van der Waals surface area contributed by atoms with Crippen molar-refractivity contribution < 1.29 is 57.9 Å². The van der Waals surface area contributed by atoms with Gasteiger partial charge >= 0.3 is 11.9 Å². The molecule has 0 radical (unpaired) electrons. The molecule has 57 heavy (non-hydrogen) atoms. The molecule has 17 heteroatoms. The first-order valence-corrected chi connectivity index (χ1v) is 21.2. The Hall–Kier alpha value is -3.38. The molecule has 0 unspecified atom stereocenters. The third-order valence-corrected chi connectivity index (χ3v) is 8.88. The van der Waals surface area contributed by atoms with Crippen LogP contribution in [-0.4, -0.2) is 131 Å². The van der Waals surface area contributed by atoms with Gasteiger partial charge in [-0.15, -0.1) is 0 Å². The normalized spacial score (nSPS) is 11.5. The quantitative estimate of drug-likeness (QED) is 0.0437. The molecule has 17 nitrogen and oxygen atoms in total. The van der Waals surface area contributed by atoms with Crippen molar-refractivity contribution in [1.82, 2.24) is 21.3 Å². The van der Waals surface area contributed by atoms with E-state index in [1.165, 1.54) is 51.4 Å². The maximum absolute atomic E-state index is 12.1. The van der Waals surface area contributed by atoms with Gasteiger partial charge < -0.3 is 56.2 Å². The molecule has 332 valence electrons. The first-order valence-electron chi connectivity index (χ1n) is 21.2. The second-order valence-corrected chi connectivity index (χ2v) is 14.1. The zero-order chi connectivity index (χ0) is 42.0. The molecule has 0 aromatic carbocycles. The van der Waals surface area contributed by atoms with Crippen LogP contribution in [0.3, 0.4) is 0 Å². The molecule has 0 bridgehead atoms. The Morgan fingerprint density at radius 1 is 0.404 bits per heavy atom. The minimum absolute atomic E-state index is 0.0336. The number of carbonyl (C=O) groups excluding carboxylic acids is 4. The predicted molar refractivity (Wildman–Crippen MR) is 216 cm³/mol. The number of carbonyl (C=O) groups is 6. The van der Waals surface area contributed by atoms with E-state index in [2.05, 4.69) is 21.3 Å². The van der Waals surface area contributed by atoms with Gasteiger partial charge in [0.15, 0.2) is 0 Å². The highest BCUT2D eigenvalue weighted by molar-refractivity contribution is 5.78. The van der Waals surface area contributed by atoms with Crippen molar-refractivity contribution in [2.24, 2.45) is 5.73 Å². The summed E-state index contributed by atoms with van der Waals surface area (Å²) in [6.45, 7) is 2.88. The van der Waals surface area contributed by atoms with Gasteiger partial charge in [0.25, 0.3) is 0 Å². The summed E-state index contributed by atoms with van der Waals surface area (Å²) < 4.78 is 21.3. The first kappa shape index (κ1) is 53.6. The second-order valence-electron chi connectivity index (χ2n) is 14.1. The molecular formula is C40H75N5O12. The summed E-state index contributed by atoms with van der Waals surface area (Å²) >= 11 is 0. The van der Waals surface area contributed by atoms with Gasteiger partial charge in [-0.05, 0) is 38.5 Å². The van der Waals surface area contributed by atoms with E-state index in [0.29, 0.717) is 71.3 Å². The molecule has 0 aliphatic rings. The largest absolute Gasteiger partial charge is 0.481 e. The Labute approximate surface area is 340 Å². The van der Waals surface area contributed by atoms with Gasteiger partial charge in [-0.25, -0.2) is 0 Å². The standard InChI is InChI=1S/C40H75N5O12/c41-34(40(52)53)18-15-16-22-43-37(48)32-56-30-29-55-27-25-45-38(49)33-57-31-28-54-26-24-44-36(47)20-17-23-42-35(46)19-13-11-9-7-5-3-1-2-4-6-8-10-12-14-21-39(50)51/h34H,1-33,41H2,(H,42,46)(H,43,48)(H,44,47)(H,45,49)(H,50,51)(H,52,53)/t34-/m0/s1. The van der Waals surface area contributed by atoms with E-state index >= 15 is 0 Å². The smallest absolute Gasteiger partial charge is 0.320 e. The summed E-state index contributed by atoms with van der Waals surface area (Å²) in [6.07, 6.45) is 19.3. The molecule has 0 aromatic rings. The Morgan fingerprint density at radius 3 is 1.25 bits per heavy atom. The van der Waals surface area contributed by atoms with Crippen molar-refractivity contribution in [2.45, 2.75) is 141 Å². The Morgan fingerprint density at radius 2 is 0.772 bits per heavy atom. The lowest BCUT2D eigenvalue weighted by Gasteiger charge is -2.09. The first-order chi connectivity index (χ1) is 27.6. The zero-order valence-corrected chi connectivity index (χ0v) is 34.5. The summed E-state index contributed by atoms with van der Waals surface area (Å²) in [5, 5.41) is 28.4. The van der Waals surface area contributed by atoms with Crippen molar-refractivity contribution in [3.63, 3.8) is 0 Å². The summed E-state index contributed by atoms with van der Waals surface area (Å²) in [4.78, 5) is 68.8. The van der Waals surface area contributed by atoms with Crippen LogP contribution in [0.5, 0.6) is 0 Å². The lowest BCUT2D eigenvalue weighted by molar-refractivity contribution is -0.139. The fourth-order valence-corrected chi connectivity index (χ4v) is 5.57. The van der Waals surface area contributed by atoms with Crippen LogP contribution in [-0.2, 0) is 47.7 Å². The summed E-state index contributed by atoms with van der Waals surface area (Å²) in [5.41, 5.74) is 5.42. The number of carboxylic acid groups (broad SMARTS) is 2. The number of nitrogens with two attached hydrogens (primary N) is 1. The average molecular weight is 818 g/mol. The van der Waals surface area contributed by atoms with Crippen molar-refractivity contribution in [1.29, 1.82) is 0 Å². The molecule has 0 aliphatic carbocycles. The molecule has 0 rings (SSSR count). The number of unbranched alkanes of at least 4 members (excludes halogenated alkanes) is 14. The zero-order valence-electron chi connectivity index (χ0n) is 34.5. The van der Waals surface area contributed by atoms with E-state index < -0.39 is 18.0 Å². The molecule has 4 amide bonds. The molecule has 0 aliphatic heterocycles. The van der Waals surface area contributed by atoms with Crippen LogP contribution in [0.1, 0.15) is 135 Å². The van der Waals surface area contributed by atoms with Gasteiger partial charge in [-0.1, -0.05) is 77.0 Å². The Bertz CT molecular complexity index is 1050. The predicted octanol–water partition coefficient (Wildman–Crippen LogP) is 3.21. The molecule has 8 N–H and O–H groups in total. The number of hydrogen-bond acceptors (Lipinski definition) is 11. The van der Waals surface area contributed by atoms with Crippen molar-refractivity contribution in [2.75, 3.05) is 79.0 Å². The van der Waals surface area contributed by atoms with E-state index in [1.54, 1.807) is 0 Å². The van der Waals surface area contributed by atoms with Crippen molar-refractivity contribution in [3.05, 3.63) is 0 Å². The molecular weight excluding hydrogens is 742 g/mol. The van der Waals surface area contributed by atoms with Crippen LogP contribution < -0.4 is 27.0 Å². The van der Waals surface area contributed by atoms with Crippen LogP contribution >= 0.6 is 0 Å². The highest BCUT2D eigenvalue weighted by atomic mass is 16.5. The lowest BCUT2D eigenvalue weighted by Crippen LogP contribution is -2.32. The van der Waals surface area contributed by atoms with Gasteiger partial charge in [0.2, 0.25) is 23.6 Å². The lowest BCUT2D eigenvalue weighted by atomic mass is 10.0. The summed E-state index contributed by atoms with van der Waals surface area (Å²) in [5.74, 6) is -2.36. The Kier molecular flexibility index (Phi) is 38.4. The summed E-state index contributed by atoms with van der Waals surface area (Å²) in [7, 11) is 0. The molecule has 1 atom stereocenters. The highest BCUT2D eigenvalue weighted by Gasteiger charge is 2.10. The number of ether oxygens (including phenoxy) is 4. The van der Waals surface area contributed by atoms with E-state index in [1.807, 2.05) is 0 Å². The molecule has 0 aromatic heterocycles. The molecule has 0 heterocycles. The van der Waals surface area contributed by atoms with E-state index in [4.69, 9.17) is 34.9 Å². The average Bonchev–Trinajstić information content (AvgIpc) is 3.17. The minimum atomic E-state index is -1.03. The molecule has 0 saturated heterocycles. The van der Waals surface area contributed by atoms with Crippen LogP contribution in [0, 0.1) is 0 Å². The van der Waals surface area contributed by atoms with Gasteiger partial charge in [-0.3, -0.25) is 28.8 Å². The van der Waals surface area contributed by atoms with E-state index in [9.17, 15) is 28.8 Å². The van der Waals surface area contributed by atoms with Gasteiger partial charge in [-0.2, -0.15) is 0 Å². The molecule has 0 fully saturated rings. The molecule has 0 saturated carbocycles. The number of aliphatic carboxylic acids is 2. The SMILES string of the molecule is N[C@@H](CCCCNC(=O)COCCOCCNC(=O)COCCOCCNC(=O)CCCNC(=O)CCCCCCCCCCCCCCCCC(=O)O)C(=O)O. The van der Waals surface area contributed by atoms with Crippen LogP contribution in [0.2, 0.25) is 0 Å². The van der Waals surface area contributed by atoms with Crippen LogP contribution in [0.25, 0.3) is 0 Å². The maximum Gasteiger partial charge on any atom is 0.320 e. The van der Waals surface area contributed by atoms with Gasteiger partial charge in [0, 0.05) is 45.4 Å². The second kappa shape index (κ2) is 40.8. The number of hydrogen-bond donors (Lipinski definition) is 7.